The van der Waals surface area contributed by atoms with Gasteiger partial charge in [0.1, 0.15) is 0 Å². The Morgan fingerprint density at radius 2 is 1.95 bits per heavy atom. The molecule has 1 aliphatic carbocycles. The molecular formula is C13H20N2O3S. The van der Waals surface area contributed by atoms with Gasteiger partial charge in [0.2, 0.25) is 10.0 Å². The predicted octanol–water partition coefficient (Wildman–Crippen LogP) is 1.31. The quantitative estimate of drug-likeness (QED) is 0.705. The van der Waals surface area contributed by atoms with Gasteiger partial charge in [-0.25, -0.2) is 13.1 Å². The minimum absolute atomic E-state index is 0.00736. The summed E-state index contributed by atoms with van der Waals surface area (Å²) < 4.78 is 26.6. The first-order valence-electron chi connectivity index (χ1n) is 6.55. The van der Waals surface area contributed by atoms with Crippen LogP contribution in [0.25, 0.3) is 0 Å². The second-order valence-electron chi connectivity index (χ2n) is 4.85. The largest absolute Gasteiger partial charge is 0.394 e. The van der Waals surface area contributed by atoms with Crippen molar-refractivity contribution in [3.05, 3.63) is 24.3 Å². The van der Waals surface area contributed by atoms with Crippen LogP contribution in [0.1, 0.15) is 26.2 Å². The van der Waals surface area contributed by atoms with Gasteiger partial charge in [0.05, 0.1) is 11.5 Å². The molecule has 1 fully saturated rings. The molecule has 19 heavy (non-hydrogen) atoms. The number of rotatable bonds is 7. The van der Waals surface area contributed by atoms with E-state index in [4.69, 9.17) is 5.11 Å². The van der Waals surface area contributed by atoms with Crippen LogP contribution in [0.3, 0.4) is 0 Å². The van der Waals surface area contributed by atoms with Crippen LogP contribution in [0, 0.1) is 0 Å². The summed E-state index contributed by atoms with van der Waals surface area (Å²) in [5.41, 5.74) is 0.811. The number of hydrogen-bond acceptors (Lipinski definition) is 4. The first kappa shape index (κ1) is 14.3. The molecule has 2 rings (SSSR count). The van der Waals surface area contributed by atoms with E-state index in [1.807, 2.05) is 6.92 Å². The number of aliphatic hydroxyl groups is 1. The van der Waals surface area contributed by atoms with Crippen LogP contribution in [0.15, 0.2) is 29.2 Å². The van der Waals surface area contributed by atoms with Crippen molar-refractivity contribution < 1.29 is 13.5 Å². The summed E-state index contributed by atoms with van der Waals surface area (Å²) in [5, 5.41) is 12.3. The highest BCUT2D eigenvalue weighted by atomic mass is 32.2. The van der Waals surface area contributed by atoms with Crippen molar-refractivity contribution in [3.8, 4) is 0 Å². The predicted molar refractivity (Wildman–Crippen MR) is 74.6 cm³/mol. The Morgan fingerprint density at radius 1 is 1.32 bits per heavy atom. The fraction of sp³-hybridized carbons (Fsp3) is 0.538. The van der Waals surface area contributed by atoms with E-state index in [9.17, 15) is 8.42 Å². The Labute approximate surface area is 114 Å². The normalized spacial score (nSPS) is 17.2. The molecule has 1 saturated carbocycles. The Hall–Kier alpha value is -1.11. The average Bonchev–Trinajstić information content (AvgIpc) is 3.19. The van der Waals surface area contributed by atoms with Gasteiger partial charge in [0.15, 0.2) is 0 Å². The van der Waals surface area contributed by atoms with E-state index in [-0.39, 0.29) is 23.6 Å². The molecule has 1 aromatic carbocycles. The first-order valence-corrected chi connectivity index (χ1v) is 8.03. The van der Waals surface area contributed by atoms with Crippen LogP contribution >= 0.6 is 0 Å². The van der Waals surface area contributed by atoms with Crippen LogP contribution < -0.4 is 10.0 Å². The number of nitrogens with one attached hydrogen (secondary N) is 2. The number of benzene rings is 1. The molecule has 106 valence electrons. The molecule has 6 heteroatoms. The summed E-state index contributed by atoms with van der Waals surface area (Å²) in [6, 6.07) is 6.71. The van der Waals surface area contributed by atoms with Crippen molar-refractivity contribution in [1.82, 2.24) is 4.72 Å². The SMILES string of the molecule is CCC(CO)Nc1ccc(S(=O)(=O)NC2CC2)cc1. The Morgan fingerprint density at radius 3 is 2.42 bits per heavy atom. The monoisotopic (exact) mass is 284 g/mol. The maximum atomic E-state index is 12.0. The third kappa shape index (κ3) is 3.92. The first-order chi connectivity index (χ1) is 9.05. The zero-order valence-electron chi connectivity index (χ0n) is 11.0. The van der Waals surface area contributed by atoms with Gasteiger partial charge in [-0.2, -0.15) is 0 Å². The number of sulfonamides is 1. The minimum atomic E-state index is -3.38. The molecule has 0 aromatic heterocycles. The van der Waals surface area contributed by atoms with Crippen molar-refractivity contribution in [2.24, 2.45) is 0 Å². The van der Waals surface area contributed by atoms with Gasteiger partial charge in [-0.05, 0) is 43.5 Å². The molecule has 0 amide bonds. The van der Waals surface area contributed by atoms with Crippen molar-refractivity contribution in [2.45, 2.75) is 43.2 Å². The van der Waals surface area contributed by atoms with Crippen LogP contribution in [0.2, 0.25) is 0 Å². The topological polar surface area (TPSA) is 78.4 Å². The molecule has 3 N–H and O–H groups in total. The zero-order chi connectivity index (χ0) is 13.9. The summed E-state index contributed by atoms with van der Waals surface area (Å²) in [5.74, 6) is 0. The van der Waals surface area contributed by atoms with Crippen molar-refractivity contribution in [1.29, 1.82) is 0 Å². The number of anilines is 1. The highest BCUT2D eigenvalue weighted by Crippen LogP contribution is 2.23. The summed E-state index contributed by atoms with van der Waals surface area (Å²) in [7, 11) is -3.38. The molecule has 0 bridgehead atoms. The molecule has 0 spiro atoms. The molecule has 5 nitrogen and oxygen atoms in total. The third-order valence-electron chi connectivity index (χ3n) is 3.15. The third-order valence-corrected chi connectivity index (χ3v) is 4.68. The highest BCUT2D eigenvalue weighted by molar-refractivity contribution is 7.89. The van der Waals surface area contributed by atoms with Gasteiger partial charge in [-0.3, -0.25) is 0 Å². The van der Waals surface area contributed by atoms with Crippen molar-refractivity contribution in [3.63, 3.8) is 0 Å². The van der Waals surface area contributed by atoms with Gasteiger partial charge in [-0.15, -0.1) is 0 Å². The molecule has 0 radical (unpaired) electrons. The molecule has 1 aromatic rings. The van der Waals surface area contributed by atoms with Crippen LogP contribution in [0.5, 0.6) is 0 Å². The average molecular weight is 284 g/mol. The lowest BCUT2D eigenvalue weighted by molar-refractivity contribution is 0.272. The fourth-order valence-electron chi connectivity index (χ4n) is 1.73. The van der Waals surface area contributed by atoms with E-state index in [1.54, 1.807) is 24.3 Å². The van der Waals surface area contributed by atoms with Gasteiger partial charge >= 0.3 is 0 Å². The summed E-state index contributed by atoms with van der Waals surface area (Å²) in [6.07, 6.45) is 2.65. The summed E-state index contributed by atoms with van der Waals surface area (Å²) in [4.78, 5) is 0.280. The Kier molecular flexibility index (Phi) is 4.44. The molecule has 1 aliphatic rings. The molecular weight excluding hydrogens is 264 g/mol. The van der Waals surface area contributed by atoms with E-state index in [0.717, 1.165) is 24.9 Å². The van der Waals surface area contributed by atoms with Crippen molar-refractivity contribution in [2.75, 3.05) is 11.9 Å². The molecule has 1 atom stereocenters. The van der Waals surface area contributed by atoms with Gasteiger partial charge in [0, 0.05) is 17.8 Å². The van der Waals surface area contributed by atoms with Crippen LogP contribution in [0.4, 0.5) is 5.69 Å². The Bertz CT molecular complexity index is 505. The lowest BCUT2D eigenvalue weighted by atomic mass is 10.2. The second-order valence-corrected chi connectivity index (χ2v) is 6.57. The van der Waals surface area contributed by atoms with Gasteiger partial charge in [-0.1, -0.05) is 6.92 Å². The maximum Gasteiger partial charge on any atom is 0.240 e. The van der Waals surface area contributed by atoms with E-state index < -0.39 is 10.0 Å². The standard InChI is InChI=1S/C13H20N2O3S/c1-2-10(9-16)14-11-5-7-13(8-6-11)19(17,18)15-12-3-4-12/h5-8,10,12,14-16H,2-4,9H2,1H3. The minimum Gasteiger partial charge on any atom is -0.394 e. The number of hydrogen-bond donors (Lipinski definition) is 3. The molecule has 0 saturated heterocycles. The van der Waals surface area contributed by atoms with Gasteiger partial charge < -0.3 is 10.4 Å². The van der Waals surface area contributed by atoms with E-state index >= 15 is 0 Å². The van der Waals surface area contributed by atoms with E-state index in [1.165, 1.54) is 0 Å². The molecule has 0 aliphatic heterocycles. The summed E-state index contributed by atoms with van der Waals surface area (Å²) in [6.45, 7) is 2.03. The summed E-state index contributed by atoms with van der Waals surface area (Å²) >= 11 is 0. The van der Waals surface area contributed by atoms with Crippen LogP contribution in [-0.2, 0) is 10.0 Å². The maximum absolute atomic E-state index is 12.0. The van der Waals surface area contributed by atoms with Gasteiger partial charge in [0.25, 0.3) is 0 Å². The van der Waals surface area contributed by atoms with Crippen LogP contribution in [-0.4, -0.2) is 32.2 Å². The fourth-order valence-corrected chi connectivity index (χ4v) is 3.04. The zero-order valence-corrected chi connectivity index (χ0v) is 11.8. The Balaban J connectivity index is 2.05. The van der Waals surface area contributed by atoms with E-state index in [0.29, 0.717) is 0 Å². The molecule has 0 heterocycles. The lowest BCUT2D eigenvalue weighted by Gasteiger charge is -2.15. The smallest absolute Gasteiger partial charge is 0.240 e. The lowest BCUT2D eigenvalue weighted by Crippen LogP contribution is -2.26. The molecule has 1 unspecified atom stereocenters. The van der Waals surface area contributed by atoms with Crippen molar-refractivity contribution >= 4 is 15.7 Å². The van der Waals surface area contributed by atoms with E-state index in [2.05, 4.69) is 10.0 Å². The second kappa shape index (κ2) is 5.90. The number of aliphatic hydroxyl groups excluding tert-OH is 1. The highest BCUT2D eigenvalue weighted by Gasteiger charge is 2.27.